The highest BCUT2D eigenvalue weighted by Gasteiger charge is 2.17. The number of anilines is 2. The topological polar surface area (TPSA) is 273 Å². The summed E-state index contributed by atoms with van der Waals surface area (Å²) in [5, 5.41) is 51.7. The van der Waals surface area contributed by atoms with Crippen molar-refractivity contribution in [1.29, 1.82) is 0 Å². The smallest absolute Gasteiger partial charge is 0.343 e. The average molecular weight is 1630 g/mol. The maximum absolute atomic E-state index is 13.4. The number of nitrogens with one attached hydrogen (secondary N) is 2. The summed E-state index contributed by atoms with van der Waals surface area (Å²) in [6.07, 6.45) is 6.99. The third-order valence-electron chi connectivity index (χ3n) is 20.0. The van der Waals surface area contributed by atoms with Gasteiger partial charge in [-0.1, -0.05) is 134 Å². The summed E-state index contributed by atoms with van der Waals surface area (Å²) >= 11 is 0. The molecule has 0 radical (unpaired) electrons. The van der Waals surface area contributed by atoms with E-state index in [-0.39, 0.29) is 11.9 Å². The number of fused-ring (bicyclic) bond motifs is 4. The first kappa shape index (κ1) is 84.0. The van der Waals surface area contributed by atoms with Gasteiger partial charge in [-0.2, -0.15) is 10.2 Å². The van der Waals surface area contributed by atoms with Crippen molar-refractivity contribution in [1.82, 2.24) is 0 Å². The summed E-state index contributed by atoms with van der Waals surface area (Å²) in [6, 6.07) is 89.1. The predicted molar refractivity (Wildman–Crippen MR) is 480 cm³/mol. The summed E-state index contributed by atoms with van der Waals surface area (Å²) < 4.78 is 39.2. The second-order valence-electron chi connectivity index (χ2n) is 29.1. The fraction of sp³-hybridized carbons (Fsp3) is 0.158. The largest absolute Gasteiger partial charge is 0.494 e. The van der Waals surface area contributed by atoms with Gasteiger partial charge in [0.1, 0.15) is 28.7 Å². The average Bonchev–Trinajstić information content (AvgIpc) is 0.796. The zero-order valence-electron chi connectivity index (χ0n) is 68.0. The Morgan fingerprint density at radius 2 is 0.520 bits per heavy atom. The lowest BCUT2D eigenvalue weighted by Crippen LogP contribution is -2.08. The van der Waals surface area contributed by atoms with E-state index in [9.17, 15) is 24.0 Å². The second-order valence-corrected chi connectivity index (χ2v) is 29.1. The Morgan fingerprint density at radius 1 is 0.268 bits per heavy atom. The summed E-state index contributed by atoms with van der Waals surface area (Å²) in [4.78, 5) is 62.6. The molecule has 0 unspecified atom stereocenters. The van der Waals surface area contributed by atoms with E-state index in [1.807, 2.05) is 170 Å². The minimum atomic E-state index is -0.549. The van der Waals surface area contributed by atoms with E-state index in [2.05, 4.69) is 44.2 Å². The van der Waals surface area contributed by atoms with Crippen molar-refractivity contribution in [2.75, 3.05) is 37.1 Å². The van der Waals surface area contributed by atoms with Crippen LogP contribution in [0.5, 0.6) is 28.7 Å². The Kier molecular flexibility index (Phi) is 28.5. The number of esters is 5. The Hall–Kier alpha value is -15.5. The molecule has 0 saturated heterocycles. The van der Waals surface area contributed by atoms with Crippen LogP contribution in [-0.4, -0.2) is 56.3 Å². The van der Waals surface area contributed by atoms with Crippen LogP contribution in [0.2, 0.25) is 0 Å². The Labute approximate surface area is 711 Å². The second kappa shape index (κ2) is 41.8. The van der Waals surface area contributed by atoms with Crippen LogP contribution in [-0.2, 0) is 32.2 Å². The van der Waals surface area contributed by atoms with Gasteiger partial charge in [-0.05, 0) is 246 Å². The van der Waals surface area contributed by atoms with Crippen LogP contribution in [0.4, 0.5) is 56.9 Å². The number of hydrogen-bond acceptors (Lipinski definition) is 22. The predicted octanol–water partition coefficient (Wildman–Crippen LogP) is 27.0. The molecule has 0 bridgehead atoms. The number of ether oxygens (including phenoxy) is 7. The molecule has 123 heavy (non-hydrogen) atoms. The van der Waals surface area contributed by atoms with Crippen molar-refractivity contribution in [3.63, 3.8) is 0 Å². The van der Waals surface area contributed by atoms with E-state index in [0.29, 0.717) is 142 Å². The van der Waals surface area contributed by atoms with Gasteiger partial charge in [-0.15, -0.1) is 30.7 Å². The maximum atomic E-state index is 13.4. The number of hydrogen-bond donors (Lipinski definition) is 2. The van der Waals surface area contributed by atoms with Crippen molar-refractivity contribution in [3.8, 4) is 28.7 Å². The molecular formula is C101H88N10O12. The summed E-state index contributed by atoms with van der Waals surface area (Å²) in [6.45, 7) is 13.3. The standard InChI is InChI=1S/C101H88N10O12/c1-67(2)97(112)119-63-19-7-5-17-61-117-76-47-35-72(36-48-76)100(115)121-78-43-29-69(30-44-78)65-102-89-53-55-93(83-23-11-9-21-81(83)89)108-110-95-59-57-91(85-25-13-15-27-87(85)95)106-104-74-39-33-71(34-40-74)99(114)123-80-51-41-75(42-52-80)105-107-92-58-60-96(88-28-16-14-26-86(88)92)111-109-94-56-54-90(82-22-10-12-24-84(82)94)103-66-70-31-45-79(46-32-70)122-101(116)73-37-49-77(50-38-73)118-62-18-6-8-20-64-120-98(113)68(3)4/h9-16,21-60,102-103H,1,3,5-8,17-20,61-66H2,2,4H3/b106-104+,107-105+,110-108+,111-109+. The van der Waals surface area contributed by atoms with E-state index in [1.165, 1.54) is 0 Å². The fourth-order valence-electron chi connectivity index (χ4n) is 13.3. The Morgan fingerprint density at radius 3 is 0.837 bits per heavy atom. The number of nitrogens with zero attached hydrogens (tertiary/aromatic N) is 8. The van der Waals surface area contributed by atoms with E-state index in [4.69, 9.17) is 53.6 Å². The molecular weight excluding hydrogens is 1550 g/mol. The molecule has 0 heterocycles. The van der Waals surface area contributed by atoms with Crippen LogP contribution in [0.1, 0.15) is 107 Å². The lowest BCUT2D eigenvalue weighted by atomic mass is 10.1. The van der Waals surface area contributed by atoms with Crippen LogP contribution in [0.15, 0.2) is 356 Å². The Bertz CT molecular complexity index is 6280. The van der Waals surface area contributed by atoms with Crippen molar-refractivity contribution in [3.05, 3.63) is 343 Å². The van der Waals surface area contributed by atoms with Gasteiger partial charge in [0.05, 0.1) is 88.6 Å². The number of carbonyl (C=O) groups excluding carboxylic acids is 5. The number of benzene rings is 14. The van der Waals surface area contributed by atoms with Gasteiger partial charge in [0, 0.05) is 78.7 Å². The van der Waals surface area contributed by atoms with Crippen LogP contribution < -0.4 is 34.3 Å². The van der Waals surface area contributed by atoms with Crippen LogP contribution >= 0.6 is 0 Å². The SMILES string of the molecule is C=C(C)C(=O)OCCCCCCOc1ccc(C(=O)Oc2ccc(CNc3ccc(/N=N/c4ccc(/N=N/c5ccc(OC(=O)c6ccc(/N=N/c7ccc(/N=N/c8ccc(NCc9ccc(OC(=O)c%10ccc(OCCCCCCOC(=O)C(=C)C)cc%10)cc9)c9ccccc89)c8ccccc78)cc6)cc5)c5ccccc45)c4ccccc34)cc2)cc1. The minimum absolute atomic E-state index is 0.325. The highest BCUT2D eigenvalue weighted by atomic mass is 16.6. The zero-order chi connectivity index (χ0) is 85.1. The van der Waals surface area contributed by atoms with Crippen molar-refractivity contribution < 1.29 is 57.1 Å². The first-order valence-electron chi connectivity index (χ1n) is 40.6. The van der Waals surface area contributed by atoms with Gasteiger partial charge in [0.2, 0.25) is 0 Å². The molecule has 14 aromatic carbocycles. The van der Waals surface area contributed by atoms with Gasteiger partial charge in [-0.25, -0.2) is 24.0 Å². The molecule has 22 heteroatoms. The molecule has 2 N–H and O–H groups in total. The van der Waals surface area contributed by atoms with E-state index < -0.39 is 17.9 Å². The lowest BCUT2D eigenvalue weighted by Gasteiger charge is -2.12. The molecule has 0 atom stereocenters. The van der Waals surface area contributed by atoms with E-state index >= 15 is 0 Å². The van der Waals surface area contributed by atoms with E-state index in [0.717, 1.165) is 117 Å². The molecule has 0 fully saturated rings. The summed E-state index contributed by atoms with van der Waals surface area (Å²) in [5.74, 6) is 0.299. The lowest BCUT2D eigenvalue weighted by molar-refractivity contribution is -0.139. The highest BCUT2D eigenvalue weighted by molar-refractivity contribution is 6.04. The third-order valence-corrected chi connectivity index (χ3v) is 20.0. The quantitative estimate of drug-likeness (QED) is 0.0120. The van der Waals surface area contributed by atoms with Crippen LogP contribution in [0.3, 0.4) is 0 Å². The summed E-state index contributed by atoms with van der Waals surface area (Å²) in [7, 11) is 0. The number of rotatable bonds is 38. The van der Waals surface area contributed by atoms with Crippen LogP contribution in [0, 0.1) is 0 Å². The molecule has 14 rings (SSSR count). The van der Waals surface area contributed by atoms with Crippen molar-refractivity contribution >= 4 is 130 Å². The molecule has 0 aromatic heterocycles. The first-order valence-corrected chi connectivity index (χ1v) is 40.6. The molecule has 0 saturated carbocycles. The Balaban J connectivity index is 0.524. The van der Waals surface area contributed by atoms with Gasteiger partial charge in [0.25, 0.3) is 0 Å². The minimum Gasteiger partial charge on any atom is -0.494 e. The molecule has 0 aliphatic carbocycles. The molecule has 14 aromatic rings. The summed E-state index contributed by atoms with van der Waals surface area (Å²) in [5.41, 5.74) is 10.8. The van der Waals surface area contributed by atoms with Crippen molar-refractivity contribution in [2.45, 2.75) is 78.3 Å². The maximum Gasteiger partial charge on any atom is 0.343 e. The molecule has 0 spiro atoms. The number of unbranched alkanes of at least 4 members (excludes halogenated alkanes) is 6. The number of azo groups is 4. The van der Waals surface area contributed by atoms with Crippen LogP contribution in [0.25, 0.3) is 43.1 Å². The molecule has 0 aliphatic rings. The van der Waals surface area contributed by atoms with Crippen molar-refractivity contribution in [2.24, 2.45) is 40.9 Å². The molecule has 614 valence electrons. The van der Waals surface area contributed by atoms with Gasteiger partial charge in [0.15, 0.2) is 0 Å². The first-order chi connectivity index (χ1) is 60.2. The van der Waals surface area contributed by atoms with Gasteiger partial charge < -0.3 is 43.8 Å². The van der Waals surface area contributed by atoms with Gasteiger partial charge >= 0.3 is 29.8 Å². The monoisotopic (exact) mass is 1630 g/mol. The van der Waals surface area contributed by atoms with E-state index in [1.54, 1.807) is 135 Å². The number of carbonyl (C=O) groups is 5. The third kappa shape index (κ3) is 23.1. The normalized spacial score (nSPS) is 11.4. The molecule has 0 amide bonds. The van der Waals surface area contributed by atoms with Gasteiger partial charge in [-0.3, -0.25) is 0 Å². The zero-order valence-corrected chi connectivity index (χ0v) is 68.0. The fourth-order valence-corrected chi connectivity index (χ4v) is 13.3. The molecule has 0 aliphatic heterocycles. The molecule has 22 nitrogen and oxygen atoms in total. The highest BCUT2D eigenvalue weighted by Crippen LogP contribution is 2.41.